The molecule has 0 fully saturated rings. The standard InChI is InChI=1S/C7H6IN3O/c8-6-3-9-11(4-6)5-7-1-2-10-12-7/h1-4H,5H2. The third kappa shape index (κ3) is 1.66. The fourth-order valence-electron chi connectivity index (χ4n) is 0.908. The first-order valence-corrected chi connectivity index (χ1v) is 4.50. The first-order chi connectivity index (χ1) is 5.84. The molecule has 0 N–H and O–H groups in total. The number of hydrogen-bond donors (Lipinski definition) is 0. The molecule has 0 aliphatic heterocycles. The van der Waals surface area contributed by atoms with Crippen molar-refractivity contribution in [2.75, 3.05) is 0 Å². The molecule has 2 heterocycles. The molecule has 0 bridgehead atoms. The average molecular weight is 275 g/mol. The highest BCUT2D eigenvalue weighted by molar-refractivity contribution is 14.1. The summed E-state index contributed by atoms with van der Waals surface area (Å²) in [5.74, 6) is 0.814. The summed E-state index contributed by atoms with van der Waals surface area (Å²) in [5.41, 5.74) is 0. The van der Waals surface area contributed by atoms with Crippen LogP contribution in [-0.2, 0) is 6.54 Å². The van der Waals surface area contributed by atoms with Crippen molar-refractivity contribution in [3.05, 3.63) is 34.0 Å². The van der Waals surface area contributed by atoms with E-state index < -0.39 is 0 Å². The van der Waals surface area contributed by atoms with Gasteiger partial charge in [0.15, 0.2) is 5.76 Å². The molecule has 0 radical (unpaired) electrons. The molecule has 2 rings (SSSR count). The number of halogens is 1. The molecule has 0 amide bonds. The lowest BCUT2D eigenvalue weighted by Gasteiger charge is -1.93. The zero-order valence-electron chi connectivity index (χ0n) is 6.14. The molecule has 0 aliphatic carbocycles. The van der Waals surface area contributed by atoms with Crippen LogP contribution in [0.2, 0.25) is 0 Å². The predicted molar refractivity (Wildman–Crippen MR) is 50.5 cm³/mol. The highest BCUT2D eigenvalue weighted by atomic mass is 127. The zero-order chi connectivity index (χ0) is 8.39. The molecule has 0 saturated heterocycles. The SMILES string of the molecule is Ic1cnn(Cc2ccno2)c1. The van der Waals surface area contributed by atoms with Gasteiger partial charge in [-0.15, -0.1) is 0 Å². The van der Waals surface area contributed by atoms with Gasteiger partial charge in [0.2, 0.25) is 0 Å². The molecule has 4 nitrogen and oxygen atoms in total. The highest BCUT2D eigenvalue weighted by Gasteiger charge is 1.99. The van der Waals surface area contributed by atoms with E-state index in [0.29, 0.717) is 6.54 Å². The summed E-state index contributed by atoms with van der Waals surface area (Å²) < 4.78 is 7.86. The Hall–Kier alpha value is -0.850. The Morgan fingerprint density at radius 1 is 1.58 bits per heavy atom. The summed E-state index contributed by atoms with van der Waals surface area (Å²) in [6.07, 6.45) is 5.38. The Morgan fingerprint density at radius 3 is 3.08 bits per heavy atom. The van der Waals surface area contributed by atoms with Crippen LogP contribution < -0.4 is 0 Å². The minimum absolute atomic E-state index is 0.642. The van der Waals surface area contributed by atoms with Crippen molar-refractivity contribution in [3.63, 3.8) is 0 Å². The summed E-state index contributed by atoms with van der Waals surface area (Å²) in [4.78, 5) is 0. The highest BCUT2D eigenvalue weighted by Crippen LogP contribution is 2.04. The Balaban J connectivity index is 2.14. The number of nitrogens with zero attached hydrogens (tertiary/aromatic N) is 3. The van der Waals surface area contributed by atoms with E-state index in [1.54, 1.807) is 12.4 Å². The van der Waals surface area contributed by atoms with Crippen LogP contribution in [0.4, 0.5) is 0 Å². The van der Waals surface area contributed by atoms with E-state index in [4.69, 9.17) is 4.52 Å². The lowest BCUT2D eigenvalue weighted by atomic mass is 10.5. The van der Waals surface area contributed by atoms with E-state index in [0.717, 1.165) is 9.33 Å². The van der Waals surface area contributed by atoms with Crippen molar-refractivity contribution in [1.82, 2.24) is 14.9 Å². The number of rotatable bonds is 2. The van der Waals surface area contributed by atoms with Crippen molar-refractivity contribution in [2.24, 2.45) is 0 Å². The van der Waals surface area contributed by atoms with Gasteiger partial charge in [0.1, 0.15) is 6.54 Å². The molecule has 0 aromatic carbocycles. The molecule has 12 heavy (non-hydrogen) atoms. The maximum absolute atomic E-state index is 4.93. The lowest BCUT2D eigenvalue weighted by molar-refractivity contribution is 0.371. The van der Waals surface area contributed by atoms with Gasteiger partial charge >= 0.3 is 0 Å². The van der Waals surface area contributed by atoms with Gasteiger partial charge in [0, 0.05) is 12.3 Å². The van der Waals surface area contributed by atoms with Gasteiger partial charge in [-0.05, 0) is 22.6 Å². The Bertz CT molecular complexity index is 354. The maximum atomic E-state index is 4.93. The largest absolute Gasteiger partial charge is 0.359 e. The van der Waals surface area contributed by atoms with Gasteiger partial charge in [-0.1, -0.05) is 5.16 Å². The molecule has 62 valence electrons. The van der Waals surface area contributed by atoms with Crippen LogP contribution >= 0.6 is 22.6 Å². The van der Waals surface area contributed by atoms with E-state index >= 15 is 0 Å². The van der Waals surface area contributed by atoms with Gasteiger partial charge in [-0.3, -0.25) is 4.68 Å². The molecule has 0 spiro atoms. The monoisotopic (exact) mass is 275 g/mol. The fourth-order valence-corrected chi connectivity index (χ4v) is 1.35. The van der Waals surface area contributed by atoms with Crippen LogP contribution in [0.15, 0.2) is 29.2 Å². The van der Waals surface area contributed by atoms with Crippen LogP contribution in [0.1, 0.15) is 5.76 Å². The smallest absolute Gasteiger partial charge is 0.158 e. The van der Waals surface area contributed by atoms with Gasteiger partial charge in [0.25, 0.3) is 0 Å². The summed E-state index contributed by atoms with van der Waals surface area (Å²) in [7, 11) is 0. The van der Waals surface area contributed by atoms with Crippen molar-refractivity contribution in [3.8, 4) is 0 Å². The van der Waals surface area contributed by atoms with Crippen molar-refractivity contribution < 1.29 is 4.52 Å². The molecule has 0 atom stereocenters. The minimum Gasteiger partial charge on any atom is -0.359 e. The van der Waals surface area contributed by atoms with Crippen LogP contribution in [0, 0.1) is 3.57 Å². The van der Waals surface area contributed by atoms with E-state index in [1.807, 2.05) is 16.9 Å². The first-order valence-electron chi connectivity index (χ1n) is 3.42. The topological polar surface area (TPSA) is 43.9 Å². The number of aromatic nitrogens is 3. The van der Waals surface area contributed by atoms with Gasteiger partial charge in [-0.2, -0.15) is 5.10 Å². The molecule has 2 aromatic rings. The summed E-state index contributed by atoms with van der Waals surface area (Å²) >= 11 is 2.21. The molecular weight excluding hydrogens is 269 g/mol. The van der Waals surface area contributed by atoms with Crippen molar-refractivity contribution >= 4 is 22.6 Å². The van der Waals surface area contributed by atoms with Crippen LogP contribution in [0.3, 0.4) is 0 Å². The fraction of sp³-hybridized carbons (Fsp3) is 0.143. The van der Waals surface area contributed by atoms with Crippen molar-refractivity contribution in [2.45, 2.75) is 6.54 Å². The van der Waals surface area contributed by atoms with Gasteiger partial charge < -0.3 is 4.52 Å². The summed E-state index contributed by atoms with van der Waals surface area (Å²) in [6, 6.07) is 1.83. The molecule has 0 aliphatic rings. The van der Waals surface area contributed by atoms with Gasteiger partial charge in [-0.25, -0.2) is 0 Å². The Labute approximate surface area is 82.7 Å². The second kappa shape index (κ2) is 3.26. The van der Waals surface area contributed by atoms with E-state index in [9.17, 15) is 0 Å². The molecule has 2 aromatic heterocycles. The number of hydrogen-bond acceptors (Lipinski definition) is 3. The van der Waals surface area contributed by atoms with Crippen LogP contribution in [0.5, 0.6) is 0 Å². The maximum Gasteiger partial charge on any atom is 0.158 e. The normalized spacial score (nSPS) is 10.4. The second-order valence-corrected chi connectivity index (χ2v) is 3.58. The molecule has 0 unspecified atom stereocenters. The van der Waals surface area contributed by atoms with Crippen LogP contribution in [0.25, 0.3) is 0 Å². The third-order valence-electron chi connectivity index (χ3n) is 1.41. The molecular formula is C7H6IN3O. The minimum atomic E-state index is 0.642. The zero-order valence-corrected chi connectivity index (χ0v) is 8.30. The third-order valence-corrected chi connectivity index (χ3v) is 1.97. The molecule has 5 heteroatoms. The van der Waals surface area contributed by atoms with E-state index in [-0.39, 0.29) is 0 Å². The average Bonchev–Trinajstić information content (AvgIpc) is 2.63. The Morgan fingerprint density at radius 2 is 2.50 bits per heavy atom. The summed E-state index contributed by atoms with van der Waals surface area (Å²) in [6.45, 7) is 0.642. The predicted octanol–water partition coefficient (Wildman–Crippen LogP) is 1.52. The Kier molecular flexibility index (Phi) is 2.11. The summed E-state index contributed by atoms with van der Waals surface area (Å²) in [5, 5.41) is 7.72. The van der Waals surface area contributed by atoms with Crippen molar-refractivity contribution in [1.29, 1.82) is 0 Å². The van der Waals surface area contributed by atoms with Crippen LogP contribution in [-0.4, -0.2) is 14.9 Å². The quantitative estimate of drug-likeness (QED) is 0.780. The first kappa shape index (κ1) is 7.78. The second-order valence-electron chi connectivity index (χ2n) is 2.33. The van der Waals surface area contributed by atoms with E-state index in [2.05, 4.69) is 32.8 Å². The molecule has 0 saturated carbocycles. The van der Waals surface area contributed by atoms with E-state index in [1.165, 1.54) is 0 Å². The van der Waals surface area contributed by atoms with Gasteiger partial charge in [0.05, 0.1) is 16.0 Å². The lowest BCUT2D eigenvalue weighted by Crippen LogP contribution is -1.97.